The Labute approximate surface area is 160 Å². The summed E-state index contributed by atoms with van der Waals surface area (Å²) in [6, 6.07) is 8.78. The van der Waals surface area contributed by atoms with Crippen molar-refractivity contribution in [3.05, 3.63) is 54.9 Å². The Hall–Kier alpha value is -3.18. The molecule has 0 saturated carbocycles. The maximum absolute atomic E-state index is 12.8. The van der Waals surface area contributed by atoms with Crippen LogP contribution in [0.15, 0.2) is 29.1 Å². The Morgan fingerprint density at radius 1 is 1.30 bits per heavy atom. The van der Waals surface area contributed by atoms with Crippen molar-refractivity contribution >= 4 is 35.4 Å². The van der Waals surface area contributed by atoms with E-state index in [1.165, 1.54) is 15.5 Å². The molecular formula is C19H19N3O4S. The molecule has 0 saturated heterocycles. The number of hydrogen-bond donors (Lipinski definition) is 0. The second kappa shape index (κ2) is 8.96. The summed E-state index contributed by atoms with van der Waals surface area (Å²) in [4.78, 5) is 38.0. The number of benzene rings is 1. The van der Waals surface area contributed by atoms with Gasteiger partial charge in [0.05, 0.1) is 28.8 Å². The van der Waals surface area contributed by atoms with E-state index in [4.69, 9.17) is 10.00 Å². The molecule has 2 aromatic rings. The van der Waals surface area contributed by atoms with Crippen LogP contribution in [0.3, 0.4) is 0 Å². The number of hydrogen-bond acceptors (Lipinski definition) is 6. The first-order chi connectivity index (χ1) is 12.8. The highest BCUT2D eigenvalue weighted by Crippen LogP contribution is 2.03. The molecule has 2 rings (SSSR count). The molecule has 0 bridgehead atoms. The van der Waals surface area contributed by atoms with Crippen molar-refractivity contribution in [3.63, 3.8) is 0 Å². The van der Waals surface area contributed by atoms with Crippen LogP contribution in [0.2, 0.25) is 0 Å². The third-order valence-electron chi connectivity index (χ3n) is 3.59. The van der Waals surface area contributed by atoms with Gasteiger partial charge in [-0.2, -0.15) is 5.26 Å². The van der Waals surface area contributed by atoms with Crippen molar-refractivity contribution in [2.24, 2.45) is 0 Å². The number of rotatable bonds is 5. The Bertz CT molecular complexity index is 1060. The first kappa shape index (κ1) is 20.1. The zero-order valence-electron chi connectivity index (χ0n) is 15.3. The molecule has 0 fully saturated rings. The molecule has 8 heteroatoms. The number of likely N-dealkylation sites (N-methyl/N-ethyl adjacent to an activating group) is 1. The minimum absolute atomic E-state index is 0.172. The highest BCUT2D eigenvalue weighted by atomic mass is 32.1. The molecule has 0 unspecified atom stereocenters. The standard InChI is InChI=1S/C19H19N3O4S/c1-4-26-18(24)10-17-22(12-16(23)21(2)3)19(25)15(27-17)9-13-5-7-14(11-20)8-6-13/h5-10H,4,12H2,1-3H3/b15-9-,17-10-. The number of carbonyl (C=O) groups is 2. The number of carbonyl (C=O) groups excluding carboxylic acids is 2. The fourth-order valence-corrected chi connectivity index (χ4v) is 3.19. The molecule has 27 heavy (non-hydrogen) atoms. The Morgan fingerprint density at radius 3 is 2.52 bits per heavy atom. The van der Waals surface area contributed by atoms with Crippen LogP contribution < -0.4 is 14.8 Å². The number of amides is 1. The minimum atomic E-state index is -0.574. The van der Waals surface area contributed by atoms with Gasteiger partial charge in [-0.3, -0.25) is 14.2 Å². The van der Waals surface area contributed by atoms with E-state index in [9.17, 15) is 14.4 Å². The van der Waals surface area contributed by atoms with Crippen molar-refractivity contribution < 1.29 is 14.3 Å². The highest BCUT2D eigenvalue weighted by Gasteiger charge is 2.12. The van der Waals surface area contributed by atoms with E-state index in [1.807, 2.05) is 6.07 Å². The van der Waals surface area contributed by atoms with Gasteiger partial charge in [0.15, 0.2) is 0 Å². The van der Waals surface area contributed by atoms with Crippen LogP contribution in [0, 0.1) is 11.3 Å². The van der Waals surface area contributed by atoms with Gasteiger partial charge in [0.2, 0.25) is 5.91 Å². The first-order valence-electron chi connectivity index (χ1n) is 8.16. The van der Waals surface area contributed by atoms with Gasteiger partial charge < -0.3 is 9.64 Å². The van der Waals surface area contributed by atoms with E-state index in [0.29, 0.717) is 14.8 Å². The summed E-state index contributed by atoms with van der Waals surface area (Å²) in [5, 5.41) is 8.86. The number of ether oxygens (including phenoxy) is 1. The summed E-state index contributed by atoms with van der Waals surface area (Å²) in [7, 11) is 3.19. The van der Waals surface area contributed by atoms with Crippen LogP contribution in [-0.2, 0) is 20.9 Å². The minimum Gasteiger partial charge on any atom is -0.463 e. The summed E-state index contributed by atoms with van der Waals surface area (Å²) in [6.45, 7) is 1.73. The molecule has 0 N–H and O–H groups in total. The predicted octanol–water partition coefficient (Wildman–Crippen LogP) is 0.0421. The molecule has 1 aromatic heterocycles. The number of esters is 1. The summed E-state index contributed by atoms with van der Waals surface area (Å²) >= 11 is 1.10. The fraction of sp³-hybridized carbons (Fsp3) is 0.263. The van der Waals surface area contributed by atoms with E-state index >= 15 is 0 Å². The lowest BCUT2D eigenvalue weighted by atomic mass is 10.1. The molecule has 0 aliphatic carbocycles. The van der Waals surface area contributed by atoms with E-state index in [0.717, 1.165) is 16.9 Å². The zero-order chi connectivity index (χ0) is 20.0. The normalized spacial score (nSPS) is 11.9. The van der Waals surface area contributed by atoms with Crippen molar-refractivity contribution in [2.45, 2.75) is 13.5 Å². The van der Waals surface area contributed by atoms with Gasteiger partial charge >= 0.3 is 5.97 Å². The van der Waals surface area contributed by atoms with E-state index in [-0.39, 0.29) is 24.6 Å². The van der Waals surface area contributed by atoms with Gasteiger partial charge in [0.25, 0.3) is 5.56 Å². The quantitative estimate of drug-likeness (QED) is 0.678. The molecule has 0 atom stereocenters. The molecule has 140 valence electrons. The Kier molecular flexibility index (Phi) is 6.68. The molecule has 1 aromatic carbocycles. The second-order valence-corrected chi connectivity index (χ2v) is 6.82. The monoisotopic (exact) mass is 385 g/mol. The van der Waals surface area contributed by atoms with Crippen LogP contribution in [0.25, 0.3) is 12.2 Å². The Balaban J connectivity index is 2.59. The van der Waals surface area contributed by atoms with Crippen molar-refractivity contribution in [3.8, 4) is 6.07 Å². The molecule has 0 radical (unpaired) electrons. The van der Waals surface area contributed by atoms with Gasteiger partial charge in [0, 0.05) is 14.1 Å². The summed E-state index contributed by atoms with van der Waals surface area (Å²) in [5.74, 6) is -0.840. The maximum Gasteiger partial charge on any atom is 0.333 e. The summed E-state index contributed by atoms with van der Waals surface area (Å²) in [6.07, 6.45) is 2.88. The summed E-state index contributed by atoms with van der Waals surface area (Å²) < 4.78 is 6.89. The maximum atomic E-state index is 12.8. The second-order valence-electron chi connectivity index (χ2n) is 5.76. The van der Waals surface area contributed by atoms with Crippen LogP contribution in [0.1, 0.15) is 18.1 Å². The van der Waals surface area contributed by atoms with E-state index in [2.05, 4.69) is 0 Å². The lowest BCUT2D eigenvalue weighted by Crippen LogP contribution is -2.38. The number of thiazole rings is 1. The number of nitrogens with zero attached hydrogens (tertiary/aromatic N) is 3. The zero-order valence-corrected chi connectivity index (χ0v) is 16.1. The Morgan fingerprint density at radius 2 is 1.96 bits per heavy atom. The van der Waals surface area contributed by atoms with Crippen LogP contribution in [-0.4, -0.2) is 42.0 Å². The number of aromatic nitrogens is 1. The lowest BCUT2D eigenvalue weighted by molar-refractivity contribution is -0.135. The van der Waals surface area contributed by atoms with Gasteiger partial charge in [-0.1, -0.05) is 12.1 Å². The van der Waals surface area contributed by atoms with Crippen molar-refractivity contribution in [1.29, 1.82) is 5.26 Å². The van der Waals surface area contributed by atoms with Gasteiger partial charge in [0.1, 0.15) is 11.2 Å². The molecule has 7 nitrogen and oxygen atoms in total. The largest absolute Gasteiger partial charge is 0.463 e. The fourth-order valence-electron chi connectivity index (χ4n) is 2.16. The van der Waals surface area contributed by atoms with Crippen molar-refractivity contribution in [2.75, 3.05) is 20.7 Å². The van der Waals surface area contributed by atoms with Gasteiger partial charge in [-0.05, 0) is 30.7 Å². The average molecular weight is 385 g/mol. The number of nitriles is 1. The third kappa shape index (κ3) is 5.15. The predicted molar refractivity (Wildman–Crippen MR) is 102 cm³/mol. The van der Waals surface area contributed by atoms with Crippen LogP contribution in [0.5, 0.6) is 0 Å². The SMILES string of the molecule is CCOC(=O)/C=c1\s/c(=C\c2ccc(C#N)cc2)c(=O)n1CC(=O)N(C)C. The van der Waals surface area contributed by atoms with Crippen LogP contribution >= 0.6 is 11.3 Å². The molecule has 1 amide bonds. The topological polar surface area (TPSA) is 92.4 Å². The highest BCUT2D eigenvalue weighted by molar-refractivity contribution is 7.07. The molecule has 0 aliphatic rings. The van der Waals surface area contributed by atoms with E-state index < -0.39 is 5.97 Å². The van der Waals surface area contributed by atoms with Gasteiger partial charge in [-0.15, -0.1) is 11.3 Å². The van der Waals surface area contributed by atoms with Gasteiger partial charge in [-0.25, -0.2) is 4.79 Å². The van der Waals surface area contributed by atoms with Crippen molar-refractivity contribution in [1.82, 2.24) is 9.47 Å². The molecule has 0 aliphatic heterocycles. The smallest absolute Gasteiger partial charge is 0.333 e. The summed E-state index contributed by atoms with van der Waals surface area (Å²) in [5.41, 5.74) is 0.889. The average Bonchev–Trinajstić information content (AvgIpc) is 2.91. The first-order valence-corrected chi connectivity index (χ1v) is 8.97. The third-order valence-corrected chi connectivity index (χ3v) is 4.65. The molecular weight excluding hydrogens is 366 g/mol. The van der Waals surface area contributed by atoms with E-state index in [1.54, 1.807) is 51.4 Å². The molecule has 0 spiro atoms. The molecule has 1 heterocycles. The lowest BCUT2D eigenvalue weighted by Gasteiger charge is -2.10. The van der Waals surface area contributed by atoms with Crippen LogP contribution in [0.4, 0.5) is 0 Å².